The van der Waals surface area contributed by atoms with E-state index < -0.39 is 5.97 Å². The first-order valence-electron chi connectivity index (χ1n) is 6.46. The van der Waals surface area contributed by atoms with E-state index in [2.05, 4.69) is 15.3 Å². The summed E-state index contributed by atoms with van der Waals surface area (Å²) in [5, 5.41) is 4.50. The van der Waals surface area contributed by atoms with Gasteiger partial charge in [0.05, 0.1) is 18.3 Å². The molecule has 0 radical (unpaired) electrons. The van der Waals surface area contributed by atoms with Gasteiger partial charge in [-0.2, -0.15) is 0 Å². The first-order chi connectivity index (χ1) is 10.1. The van der Waals surface area contributed by atoms with E-state index in [1.54, 1.807) is 13.1 Å². The molecule has 0 bridgehead atoms. The minimum Gasteiger partial charge on any atom is -0.461 e. The fraction of sp³-hybridized carbons (Fsp3) is 0.286. The highest BCUT2D eigenvalue weighted by Crippen LogP contribution is 2.13. The Morgan fingerprint density at radius 1 is 1.43 bits per heavy atom. The summed E-state index contributed by atoms with van der Waals surface area (Å²) < 4.78 is 4.84. The summed E-state index contributed by atoms with van der Waals surface area (Å²) >= 11 is 1.09. The van der Waals surface area contributed by atoms with Crippen LogP contribution in [0.15, 0.2) is 29.8 Å². The van der Waals surface area contributed by atoms with Crippen LogP contribution in [-0.2, 0) is 4.74 Å². The van der Waals surface area contributed by atoms with Gasteiger partial charge in [0.15, 0.2) is 0 Å². The van der Waals surface area contributed by atoms with E-state index in [9.17, 15) is 9.59 Å². The lowest BCUT2D eigenvalue weighted by Gasteiger charge is -2.11. The fourth-order valence-corrected chi connectivity index (χ4v) is 2.33. The van der Waals surface area contributed by atoms with Gasteiger partial charge in [-0.3, -0.25) is 9.78 Å². The lowest BCUT2D eigenvalue weighted by molar-refractivity contribution is 0.0526. The van der Waals surface area contributed by atoms with Crippen molar-refractivity contribution in [1.29, 1.82) is 0 Å². The van der Waals surface area contributed by atoms with Crippen molar-refractivity contribution in [1.82, 2.24) is 15.3 Å². The minimum absolute atomic E-state index is 0.174. The predicted molar refractivity (Wildman–Crippen MR) is 78.2 cm³/mol. The van der Waals surface area contributed by atoms with Crippen LogP contribution in [0.5, 0.6) is 0 Å². The second-order valence-corrected chi connectivity index (χ2v) is 5.07. The molecule has 21 heavy (non-hydrogen) atoms. The van der Waals surface area contributed by atoms with Gasteiger partial charge < -0.3 is 10.1 Å². The molecule has 0 aliphatic heterocycles. The number of nitrogens with one attached hydrogen (secondary N) is 1. The number of carbonyl (C=O) groups is 2. The Bertz CT molecular complexity index is 627. The largest absolute Gasteiger partial charge is 0.461 e. The summed E-state index contributed by atoms with van der Waals surface area (Å²) in [6.07, 6.45) is 1.67. The topological polar surface area (TPSA) is 81.2 Å². The summed E-state index contributed by atoms with van der Waals surface area (Å²) in [6.45, 7) is 3.82. The first-order valence-corrected chi connectivity index (χ1v) is 7.34. The Morgan fingerprint density at radius 3 is 2.90 bits per heavy atom. The van der Waals surface area contributed by atoms with Crippen LogP contribution in [0.1, 0.15) is 45.9 Å². The van der Waals surface area contributed by atoms with Gasteiger partial charge >= 0.3 is 5.97 Å². The van der Waals surface area contributed by atoms with E-state index >= 15 is 0 Å². The predicted octanol–water partition coefficient (Wildman–Crippen LogP) is 2.21. The van der Waals surface area contributed by atoms with Gasteiger partial charge in [0, 0.05) is 11.6 Å². The number of hydrogen-bond donors (Lipinski definition) is 1. The van der Waals surface area contributed by atoms with Gasteiger partial charge in [-0.25, -0.2) is 9.78 Å². The molecule has 0 aliphatic rings. The van der Waals surface area contributed by atoms with Gasteiger partial charge in [-0.05, 0) is 26.0 Å². The molecule has 1 unspecified atom stereocenters. The van der Waals surface area contributed by atoms with Crippen LogP contribution in [0, 0.1) is 0 Å². The molecule has 0 saturated heterocycles. The summed E-state index contributed by atoms with van der Waals surface area (Å²) in [5.41, 5.74) is 0.956. The number of hydrogen-bond acceptors (Lipinski definition) is 6. The number of thiazole rings is 1. The van der Waals surface area contributed by atoms with E-state index in [1.165, 1.54) is 5.38 Å². The van der Waals surface area contributed by atoms with Crippen LogP contribution in [0.2, 0.25) is 0 Å². The summed E-state index contributed by atoms with van der Waals surface area (Å²) in [4.78, 5) is 31.7. The maximum atomic E-state index is 12.1. The molecule has 0 fully saturated rings. The number of amides is 1. The van der Waals surface area contributed by atoms with Crippen molar-refractivity contribution < 1.29 is 14.3 Å². The highest BCUT2D eigenvalue weighted by Gasteiger charge is 2.18. The van der Waals surface area contributed by atoms with Crippen LogP contribution in [-0.4, -0.2) is 28.5 Å². The molecule has 0 spiro atoms. The van der Waals surface area contributed by atoms with Crippen molar-refractivity contribution in [2.75, 3.05) is 6.61 Å². The Labute approximate surface area is 126 Å². The van der Waals surface area contributed by atoms with Crippen LogP contribution in [0.4, 0.5) is 0 Å². The molecule has 0 saturated carbocycles. The quantitative estimate of drug-likeness (QED) is 0.856. The lowest BCUT2D eigenvalue weighted by atomic mass is 10.2. The third-order valence-corrected chi connectivity index (χ3v) is 3.49. The first kappa shape index (κ1) is 15.1. The van der Waals surface area contributed by atoms with Crippen LogP contribution in [0.25, 0.3) is 0 Å². The molecule has 0 aromatic carbocycles. The van der Waals surface area contributed by atoms with Crippen molar-refractivity contribution in [3.63, 3.8) is 0 Å². The number of esters is 1. The van der Waals surface area contributed by atoms with Crippen molar-refractivity contribution >= 4 is 23.2 Å². The molecule has 110 valence electrons. The van der Waals surface area contributed by atoms with Crippen molar-refractivity contribution in [3.05, 3.63) is 46.2 Å². The average Bonchev–Trinajstić information content (AvgIpc) is 2.98. The summed E-state index contributed by atoms with van der Waals surface area (Å²) in [7, 11) is 0. The molecule has 0 aliphatic carbocycles. The zero-order chi connectivity index (χ0) is 15.2. The SMILES string of the molecule is CCOC(=O)c1nc(C(=O)NC(C)c2ccccn2)cs1. The van der Waals surface area contributed by atoms with Gasteiger partial charge in [0.2, 0.25) is 5.01 Å². The molecular formula is C14H15N3O3S. The molecule has 7 heteroatoms. The van der Waals surface area contributed by atoms with Crippen molar-refractivity contribution in [2.24, 2.45) is 0 Å². The van der Waals surface area contributed by atoms with Gasteiger partial charge in [0.25, 0.3) is 5.91 Å². The maximum absolute atomic E-state index is 12.1. The number of nitrogens with zero attached hydrogens (tertiary/aromatic N) is 2. The second-order valence-electron chi connectivity index (χ2n) is 4.21. The molecule has 2 rings (SSSR count). The molecule has 2 aromatic heterocycles. The molecular weight excluding hydrogens is 290 g/mol. The molecule has 6 nitrogen and oxygen atoms in total. The second kappa shape index (κ2) is 6.94. The summed E-state index contributed by atoms with van der Waals surface area (Å²) in [5.74, 6) is -0.862. The summed E-state index contributed by atoms with van der Waals surface area (Å²) in [6, 6.07) is 5.25. The standard InChI is InChI=1S/C14H15N3O3S/c1-3-20-14(19)13-17-11(8-21-13)12(18)16-9(2)10-6-4-5-7-15-10/h4-9H,3H2,1-2H3,(H,16,18). The Hall–Kier alpha value is -2.28. The Balaban J connectivity index is 2.02. The highest BCUT2D eigenvalue weighted by molar-refractivity contribution is 7.11. The third kappa shape index (κ3) is 3.85. The molecule has 2 aromatic rings. The van der Waals surface area contributed by atoms with Crippen molar-refractivity contribution in [2.45, 2.75) is 19.9 Å². The van der Waals surface area contributed by atoms with E-state index in [4.69, 9.17) is 4.74 Å². The van der Waals surface area contributed by atoms with Crippen LogP contribution < -0.4 is 5.32 Å². The van der Waals surface area contributed by atoms with E-state index in [1.807, 2.05) is 25.1 Å². The number of aromatic nitrogens is 2. The number of rotatable bonds is 5. The number of pyridine rings is 1. The maximum Gasteiger partial charge on any atom is 0.367 e. The average molecular weight is 305 g/mol. The lowest BCUT2D eigenvalue weighted by Crippen LogP contribution is -2.27. The minimum atomic E-state index is -0.515. The van der Waals surface area contributed by atoms with Gasteiger partial charge in [-0.1, -0.05) is 6.07 Å². The van der Waals surface area contributed by atoms with Crippen LogP contribution in [0.3, 0.4) is 0 Å². The Morgan fingerprint density at radius 2 is 2.24 bits per heavy atom. The Kier molecular flexibility index (Phi) is 4.99. The highest BCUT2D eigenvalue weighted by atomic mass is 32.1. The fourth-order valence-electron chi connectivity index (χ4n) is 1.64. The molecule has 2 heterocycles. The van der Waals surface area contributed by atoms with Crippen molar-refractivity contribution in [3.8, 4) is 0 Å². The molecule has 1 amide bonds. The normalized spacial score (nSPS) is 11.7. The molecule has 1 atom stereocenters. The van der Waals surface area contributed by atoms with Crippen LogP contribution >= 0.6 is 11.3 Å². The van der Waals surface area contributed by atoms with E-state index in [0.717, 1.165) is 17.0 Å². The van der Waals surface area contributed by atoms with Gasteiger partial charge in [-0.15, -0.1) is 11.3 Å². The number of ether oxygens (including phenoxy) is 1. The van der Waals surface area contributed by atoms with E-state index in [0.29, 0.717) is 0 Å². The third-order valence-electron chi connectivity index (χ3n) is 2.67. The number of carbonyl (C=O) groups excluding carboxylic acids is 2. The zero-order valence-electron chi connectivity index (χ0n) is 11.7. The smallest absolute Gasteiger partial charge is 0.367 e. The molecule has 1 N–H and O–H groups in total. The monoisotopic (exact) mass is 305 g/mol. The van der Waals surface area contributed by atoms with Gasteiger partial charge in [0.1, 0.15) is 5.69 Å². The van der Waals surface area contributed by atoms with E-state index in [-0.39, 0.29) is 29.3 Å². The zero-order valence-corrected chi connectivity index (χ0v) is 12.5.